The minimum atomic E-state index is -4.39. The van der Waals surface area contributed by atoms with Crippen molar-refractivity contribution in [3.8, 4) is 0 Å². The Morgan fingerprint density at radius 2 is 2.00 bits per heavy atom. The standard InChI is InChI=1S/C24H36F3N11O/c1-17-13-38(7-5-30-17)23-34-20(18(28)14-37-10-8-36(2)9-11-37)21(31-6-12-39-15-24(25,26)27)22(35-23)33-19-3-4-29-16-32-19/h3-4,16-17,28,30-31H,5-15H2,1-2H3,(H,29,32,33,34,35)/p+1/t17-/m1/s1. The Labute approximate surface area is 225 Å². The van der Waals surface area contributed by atoms with E-state index in [1.165, 1.54) is 6.33 Å². The SMILES string of the molecule is C[C@@H]1CN(c2nc(Nc3ccncn3)c(NCCOCC(F)(F)F)c(C(=[NH2+])CN3CCN(C)CC3)n2)CCN1. The summed E-state index contributed by atoms with van der Waals surface area (Å²) in [6.07, 6.45) is -1.38. The third kappa shape index (κ3) is 8.68. The van der Waals surface area contributed by atoms with E-state index in [1.807, 2.05) is 0 Å². The van der Waals surface area contributed by atoms with Gasteiger partial charge in [0.25, 0.3) is 0 Å². The summed E-state index contributed by atoms with van der Waals surface area (Å²) < 4.78 is 42.5. The second kappa shape index (κ2) is 13.3. The smallest absolute Gasteiger partial charge is 0.378 e. The first-order valence-electron chi connectivity index (χ1n) is 13.0. The normalized spacial score (nSPS) is 19.2. The van der Waals surface area contributed by atoms with E-state index in [-0.39, 0.29) is 19.2 Å². The highest BCUT2D eigenvalue weighted by molar-refractivity contribution is 6.03. The highest BCUT2D eigenvalue weighted by Crippen LogP contribution is 2.29. The number of likely N-dealkylation sites (N-methyl/N-ethyl adjacent to an activating group) is 1. The average molecular weight is 553 g/mol. The van der Waals surface area contributed by atoms with Crippen molar-refractivity contribution in [3.05, 3.63) is 24.3 Å². The molecule has 214 valence electrons. The van der Waals surface area contributed by atoms with Crippen LogP contribution in [0.2, 0.25) is 0 Å². The minimum Gasteiger partial charge on any atom is -0.378 e. The molecule has 2 aliphatic heterocycles. The van der Waals surface area contributed by atoms with Crippen LogP contribution in [-0.4, -0.2) is 127 Å². The quantitative estimate of drug-likeness (QED) is 0.214. The number of hydrogen-bond acceptors (Lipinski definition) is 11. The monoisotopic (exact) mass is 552 g/mol. The van der Waals surface area contributed by atoms with E-state index in [2.05, 4.69) is 54.6 Å². The van der Waals surface area contributed by atoms with Gasteiger partial charge in [-0.15, -0.1) is 0 Å². The highest BCUT2D eigenvalue weighted by Gasteiger charge is 2.29. The van der Waals surface area contributed by atoms with Crippen molar-refractivity contribution >= 4 is 29.0 Å². The van der Waals surface area contributed by atoms with Gasteiger partial charge in [-0.05, 0) is 20.0 Å². The van der Waals surface area contributed by atoms with E-state index in [0.29, 0.717) is 54.3 Å². The molecule has 39 heavy (non-hydrogen) atoms. The Balaban J connectivity index is 1.65. The van der Waals surface area contributed by atoms with Gasteiger partial charge in [0.1, 0.15) is 24.4 Å². The topological polar surface area (TPSA) is 132 Å². The Bertz CT molecular complexity index is 1080. The van der Waals surface area contributed by atoms with Crippen LogP contribution in [0.25, 0.3) is 0 Å². The van der Waals surface area contributed by atoms with Gasteiger partial charge in [-0.25, -0.2) is 15.0 Å². The van der Waals surface area contributed by atoms with Crippen LogP contribution in [0.4, 0.5) is 36.4 Å². The van der Waals surface area contributed by atoms with Crippen LogP contribution in [0.15, 0.2) is 18.6 Å². The molecule has 4 rings (SSSR count). The lowest BCUT2D eigenvalue weighted by atomic mass is 10.1. The number of anilines is 4. The summed E-state index contributed by atoms with van der Waals surface area (Å²) in [5, 5.41) is 16.5. The van der Waals surface area contributed by atoms with Gasteiger partial charge < -0.3 is 30.5 Å². The molecule has 0 aliphatic carbocycles. The molecule has 2 fully saturated rings. The van der Waals surface area contributed by atoms with Crippen molar-refractivity contribution in [1.82, 2.24) is 35.1 Å². The molecule has 15 heteroatoms. The van der Waals surface area contributed by atoms with Gasteiger partial charge in [0.05, 0.1) is 13.2 Å². The predicted molar refractivity (Wildman–Crippen MR) is 142 cm³/mol. The van der Waals surface area contributed by atoms with Gasteiger partial charge >= 0.3 is 6.18 Å². The van der Waals surface area contributed by atoms with Crippen molar-refractivity contribution in [1.29, 1.82) is 0 Å². The van der Waals surface area contributed by atoms with Crippen LogP contribution in [-0.2, 0) is 4.74 Å². The molecule has 0 unspecified atom stereocenters. The second-order valence-corrected chi connectivity index (χ2v) is 9.82. The third-order valence-corrected chi connectivity index (χ3v) is 6.49. The first kappa shape index (κ1) is 28.9. The lowest BCUT2D eigenvalue weighted by Crippen LogP contribution is -2.53. The molecule has 0 bridgehead atoms. The van der Waals surface area contributed by atoms with Gasteiger partial charge in [-0.3, -0.25) is 10.3 Å². The molecule has 0 aromatic carbocycles. The van der Waals surface area contributed by atoms with E-state index in [1.54, 1.807) is 12.3 Å². The summed E-state index contributed by atoms with van der Waals surface area (Å²) in [6, 6.07) is 1.95. The Hall–Kier alpha value is -3.14. The zero-order valence-corrected chi connectivity index (χ0v) is 22.3. The lowest BCUT2D eigenvalue weighted by Gasteiger charge is -2.33. The summed E-state index contributed by atoms with van der Waals surface area (Å²) in [4.78, 5) is 24.5. The number of nitrogens with one attached hydrogen (secondary N) is 3. The molecule has 0 radical (unpaired) electrons. The van der Waals surface area contributed by atoms with Gasteiger partial charge in [0.15, 0.2) is 11.5 Å². The molecule has 0 saturated carbocycles. The highest BCUT2D eigenvalue weighted by atomic mass is 19.4. The van der Waals surface area contributed by atoms with Gasteiger partial charge in [-0.2, -0.15) is 18.2 Å². The summed E-state index contributed by atoms with van der Waals surface area (Å²) in [5.41, 5.74) is 1.51. The number of ether oxygens (including phenoxy) is 1. The summed E-state index contributed by atoms with van der Waals surface area (Å²) in [6.45, 7) is 7.01. The maximum absolute atomic E-state index is 12.6. The van der Waals surface area contributed by atoms with Crippen LogP contribution in [0, 0.1) is 0 Å². The van der Waals surface area contributed by atoms with E-state index < -0.39 is 12.8 Å². The summed E-state index contributed by atoms with van der Waals surface area (Å²) >= 11 is 0. The Morgan fingerprint density at radius 1 is 1.21 bits per heavy atom. The number of aromatic nitrogens is 4. The fourth-order valence-electron chi connectivity index (χ4n) is 4.44. The molecule has 1 atom stereocenters. The number of alkyl halides is 3. The number of halogens is 3. The minimum absolute atomic E-state index is 0.0939. The molecular formula is C24H37F3N11O+. The van der Waals surface area contributed by atoms with Crippen molar-refractivity contribution < 1.29 is 23.3 Å². The number of nitrogens with zero attached hydrogens (tertiary/aromatic N) is 7. The van der Waals surface area contributed by atoms with E-state index in [9.17, 15) is 13.2 Å². The number of hydrogen-bond donors (Lipinski definition) is 4. The third-order valence-electron chi connectivity index (χ3n) is 6.49. The van der Waals surface area contributed by atoms with Crippen LogP contribution >= 0.6 is 0 Å². The lowest BCUT2D eigenvalue weighted by molar-refractivity contribution is -0.172. The van der Waals surface area contributed by atoms with Crippen molar-refractivity contribution in [2.75, 3.05) is 94.7 Å². The molecular weight excluding hydrogens is 515 g/mol. The molecule has 2 aromatic rings. The number of piperazine rings is 2. The maximum atomic E-state index is 12.6. The first-order valence-corrected chi connectivity index (χ1v) is 13.0. The maximum Gasteiger partial charge on any atom is 0.411 e. The molecule has 2 aliphatic rings. The second-order valence-electron chi connectivity index (χ2n) is 9.82. The number of nitrogens with two attached hydrogens (primary N) is 1. The van der Waals surface area contributed by atoms with Gasteiger partial charge in [0, 0.05) is 64.6 Å². The Kier molecular flexibility index (Phi) is 9.83. The molecule has 0 spiro atoms. The zero-order valence-electron chi connectivity index (χ0n) is 22.3. The zero-order chi connectivity index (χ0) is 27.8. The largest absolute Gasteiger partial charge is 0.411 e. The Morgan fingerprint density at radius 3 is 2.69 bits per heavy atom. The molecule has 5 N–H and O–H groups in total. The van der Waals surface area contributed by atoms with Crippen molar-refractivity contribution in [3.63, 3.8) is 0 Å². The molecule has 2 aromatic heterocycles. The summed E-state index contributed by atoms with van der Waals surface area (Å²) in [5.74, 6) is 1.43. The number of rotatable bonds is 11. The first-order chi connectivity index (χ1) is 18.7. The van der Waals surface area contributed by atoms with Crippen LogP contribution < -0.4 is 26.3 Å². The fourth-order valence-corrected chi connectivity index (χ4v) is 4.44. The predicted octanol–water partition coefficient (Wildman–Crippen LogP) is -0.405. The molecule has 12 nitrogen and oxygen atoms in total. The van der Waals surface area contributed by atoms with E-state index >= 15 is 0 Å². The van der Waals surface area contributed by atoms with Gasteiger partial charge in [-0.1, -0.05) is 0 Å². The van der Waals surface area contributed by atoms with Crippen LogP contribution in [0.3, 0.4) is 0 Å². The summed E-state index contributed by atoms with van der Waals surface area (Å²) in [7, 11) is 2.09. The fraction of sp³-hybridized carbons (Fsp3) is 0.625. The molecule has 4 heterocycles. The van der Waals surface area contributed by atoms with Crippen molar-refractivity contribution in [2.45, 2.75) is 19.1 Å². The van der Waals surface area contributed by atoms with E-state index in [0.717, 1.165) is 32.7 Å². The van der Waals surface area contributed by atoms with Gasteiger partial charge in [0.2, 0.25) is 11.7 Å². The van der Waals surface area contributed by atoms with Crippen LogP contribution in [0.1, 0.15) is 12.6 Å². The van der Waals surface area contributed by atoms with Crippen LogP contribution in [0.5, 0.6) is 0 Å². The average Bonchev–Trinajstić information content (AvgIpc) is 2.90. The molecule has 0 amide bonds. The van der Waals surface area contributed by atoms with Crippen molar-refractivity contribution in [2.24, 2.45) is 0 Å². The van der Waals surface area contributed by atoms with E-state index in [4.69, 9.17) is 20.1 Å². The molecule has 2 saturated heterocycles.